The van der Waals surface area contributed by atoms with Crippen molar-refractivity contribution in [3.8, 4) is 0 Å². The minimum absolute atomic E-state index is 0.0322. The highest BCUT2D eigenvalue weighted by molar-refractivity contribution is 6.06. The average Bonchev–Trinajstić information content (AvgIpc) is 2.57. The van der Waals surface area contributed by atoms with Gasteiger partial charge in [-0.15, -0.1) is 6.58 Å². The molecule has 0 aromatic heterocycles. The lowest BCUT2D eigenvalue weighted by Gasteiger charge is -2.39. The van der Waals surface area contributed by atoms with E-state index in [0.29, 0.717) is 12.1 Å². The first-order chi connectivity index (χ1) is 11.0. The van der Waals surface area contributed by atoms with Crippen molar-refractivity contribution in [2.24, 2.45) is 5.41 Å². The highest BCUT2D eigenvalue weighted by Gasteiger charge is 2.50. The Kier molecular flexibility index (Phi) is 5.32. The zero-order valence-electron chi connectivity index (χ0n) is 13.3. The van der Waals surface area contributed by atoms with Crippen molar-refractivity contribution in [2.75, 3.05) is 19.7 Å². The van der Waals surface area contributed by atoms with E-state index in [-0.39, 0.29) is 37.7 Å². The number of ether oxygens (including phenoxy) is 1. The molecule has 2 rings (SSSR count). The molecule has 0 spiro atoms. The fourth-order valence-corrected chi connectivity index (χ4v) is 2.86. The first-order valence-electron chi connectivity index (χ1n) is 7.71. The lowest BCUT2D eigenvalue weighted by Crippen LogP contribution is -2.55. The maximum Gasteiger partial charge on any atom is 0.321 e. The molecule has 1 unspecified atom stereocenters. The number of allylic oxidation sites excluding steroid dienone is 1. The predicted molar refractivity (Wildman–Crippen MR) is 85.8 cm³/mol. The Bertz CT molecular complexity index is 611. The lowest BCUT2D eigenvalue weighted by atomic mass is 9.75. The third kappa shape index (κ3) is 3.33. The highest BCUT2D eigenvalue weighted by Crippen LogP contribution is 2.33. The minimum Gasteiger partial charge on any atom is -0.465 e. The summed E-state index contributed by atoms with van der Waals surface area (Å²) in [6, 6.07) is 8.84. The van der Waals surface area contributed by atoms with Crippen molar-refractivity contribution < 1.29 is 19.1 Å². The number of likely N-dealkylation sites (tertiary alicyclic amines) is 1. The molecule has 1 heterocycles. The molecule has 0 bridgehead atoms. The molecule has 1 aliphatic rings. The van der Waals surface area contributed by atoms with Gasteiger partial charge in [-0.1, -0.05) is 24.3 Å². The summed E-state index contributed by atoms with van der Waals surface area (Å²) in [5.41, 5.74) is -0.793. The second kappa shape index (κ2) is 7.22. The standard InChI is InChI=1S/C18H21NO4/c1-3-11-18(17(22)23-4-2)13-19(12-10-15(18)20)16(21)14-8-6-5-7-9-14/h3,5-9H,1,4,10-13H2,2H3. The van der Waals surface area contributed by atoms with Crippen molar-refractivity contribution in [2.45, 2.75) is 19.8 Å². The molecular weight excluding hydrogens is 294 g/mol. The maximum absolute atomic E-state index is 12.6. The molecule has 1 aromatic rings. The van der Waals surface area contributed by atoms with Crippen LogP contribution < -0.4 is 0 Å². The molecule has 0 N–H and O–H groups in total. The van der Waals surface area contributed by atoms with Gasteiger partial charge in [0.1, 0.15) is 5.41 Å². The topological polar surface area (TPSA) is 63.7 Å². The summed E-state index contributed by atoms with van der Waals surface area (Å²) in [7, 11) is 0. The van der Waals surface area contributed by atoms with Crippen LogP contribution in [0.4, 0.5) is 0 Å². The molecule has 23 heavy (non-hydrogen) atoms. The van der Waals surface area contributed by atoms with E-state index < -0.39 is 11.4 Å². The lowest BCUT2D eigenvalue weighted by molar-refractivity contribution is -0.163. The van der Waals surface area contributed by atoms with Gasteiger partial charge in [-0.05, 0) is 25.5 Å². The molecular formula is C18H21NO4. The van der Waals surface area contributed by atoms with Crippen LogP contribution in [-0.4, -0.2) is 42.3 Å². The van der Waals surface area contributed by atoms with Crippen LogP contribution in [0.15, 0.2) is 43.0 Å². The van der Waals surface area contributed by atoms with Crippen LogP contribution in [0.3, 0.4) is 0 Å². The summed E-state index contributed by atoms with van der Waals surface area (Å²) in [6.45, 7) is 5.87. The van der Waals surface area contributed by atoms with Crippen LogP contribution in [0.2, 0.25) is 0 Å². The number of rotatable bonds is 5. The molecule has 0 aliphatic carbocycles. The van der Waals surface area contributed by atoms with Gasteiger partial charge in [-0.3, -0.25) is 14.4 Å². The van der Waals surface area contributed by atoms with Crippen molar-refractivity contribution in [1.82, 2.24) is 4.90 Å². The Morgan fingerprint density at radius 1 is 1.35 bits per heavy atom. The fraction of sp³-hybridized carbons (Fsp3) is 0.389. The van der Waals surface area contributed by atoms with Gasteiger partial charge in [-0.25, -0.2) is 0 Å². The molecule has 1 amide bonds. The zero-order valence-corrected chi connectivity index (χ0v) is 13.3. The molecule has 0 saturated carbocycles. The van der Waals surface area contributed by atoms with Crippen LogP contribution in [0.5, 0.6) is 0 Å². The SMILES string of the molecule is C=CCC1(C(=O)OCC)CN(C(=O)c2ccccc2)CCC1=O. The van der Waals surface area contributed by atoms with Crippen molar-refractivity contribution >= 4 is 17.7 Å². The molecule has 1 aromatic carbocycles. The highest BCUT2D eigenvalue weighted by atomic mass is 16.5. The predicted octanol–water partition coefficient (Wildman–Crippen LogP) is 2.23. The number of benzene rings is 1. The van der Waals surface area contributed by atoms with Gasteiger partial charge < -0.3 is 9.64 Å². The molecule has 1 saturated heterocycles. The number of carbonyl (C=O) groups excluding carboxylic acids is 3. The molecule has 1 fully saturated rings. The quantitative estimate of drug-likeness (QED) is 0.475. The Labute approximate surface area is 135 Å². The molecule has 0 radical (unpaired) electrons. The summed E-state index contributed by atoms with van der Waals surface area (Å²) in [5, 5.41) is 0. The van der Waals surface area contributed by atoms with Gasteiger partial charge in [0.2, 0.25) is 0 Å². The summed E-state index contributed by atoms with van der Waals surface area (Å²) >= 11 is 0. The van der Waals surface area contributed by atoms with E-state index in [4.69, 9.17) is 4.74 Å². The Hall–Kier alpha value is -2.43. The van der Waals surface area contributed by atoms with Gasteiger partial charge in [-0.2, -0.15) is 0 Å². The zero-order chi connectivity index (χ0) is 16.9. The molecule has 5 nitrogen and oxygen atoms in total. The molecule has 1 aliphatic heterocycles. The molecule has 1 atom stereocenters. The number of nitrogens with zero attached hydrogens (tertiary/aromatic N) is 1. The van der Waals surface area contributed by atoms with Crippen LogP contribution in [-0.2, 0) is 14.3 Å². The van der Waals surface area contributed by atoms with Crippen molar-refractivity contribution in [3.63, 3.8) is 0 Å². The van der Waals surface area contributed by atoms with E-state index in [1.165, 1.54) is 6.08 Å². The fourth-order valence-electron chi connectivity index (χ4n) is 2.86. The summed E-state index contributed by atoms with van der Waals surface area (Å²) in [5.74, 6) is -0.945. The smallest absolute Gasteiger partial charge is 0.321 e. The number of hydrogen-bond donors (Lipinski definition) is 0. The number of ketones is 1. The van der Waals surface area contributed by atoms with Gasteiger partial charge in [0.25, 0.3) is 5.91 Å². The Morgan fingerprint density at radius 2 is 2.04 bits per heavy atom. The van der Waals surface area contributed by atoms with Gasteiger partial charge >= 0.3 is 5.97 Å². The van der Waals surface area contributed by atoms with Crippen LogP contribution >= 0.6 is 0 Å². The number of Topliss-reactive ketones (excluding diaryl/α,β-unsaturated/α-hetero) is 1. The average molecular weight is 315 g/mol. The van der Waals surface area contributed by atoms with E-state index in [1.807, 2.05) is 6.07 Å². The van der Waals surface area contributed by atoms with Crippen LogP contribution in [0, 0.1) is 5.41 Å². The number of carbonyl (C=O) groups is 3. The number of esters is 1. The maximum atomic E-state index is 12.6. The third-order valence-electron chi connectivity index (χ3n) is 4.07. The van der Waals surface area contributed by atoms with Crippen LogP contribution in [0.25, 0.3) is 0 Å². The van der Waals surface area contributed by atoms with Gasteiger partial charge in [0.15, 0.2) is 5.78 Å². The van der Waals surface area contributed by atoms with E-state index >= 15 is 0 Å². The summed E-state index contributed by atoms with van der Waals surface area (Å²) in [6.07, 6.45) is 1.85. The van der Waals surface area contributed by atoms with E-state index in [2.05, 4.69) is 6.58 Å². The Morgan fingerprint density at radius 3 is 2.65 bits per heavy atom. The second-order valence-electron chi connectivity index (χ2n) is 5.56. The monoisotopic (exact) mass is 315 g/mol. The number of amides is 1. The number of piperidine rings is 1. The van der Waals surface area contributed by atoms with E-state index in [9.17, 15) is 14.4 Å². The van der Waals surface area contributed by atoms with Crippen LogP contribution in [0.1, 0.15) is 30.1 Å². The first-order valence-corrected chi connectivity index (χ1v) is 7.71. The second-order valence-corrected chi connectivity index (χ2v) is 5.56. The minimum atomic E-state index is -1.33. The third-order valence-corrected chi connectivity index (χ3v) is 4.07. The largest absolute Gasteiger partial charge is 0.465 e. The summed E-state index contributed by atoms with van der Waals surface area (Å²) < 4.78 is 5.10. The normalized spacial score (nSPS) is 20.9. The van der Waals surface area contributed by atoms with E-state index in [0.717, 1.165) is 0 Å². The molecule has 122 valence electrons. The van der Waals surface area contributed by atoms with Crippen molar-refractivity contribution in [1.29, 1.82) is 0 Å². The van der Waals surface area contributed by atoms with Crippen molar-refractivity contribution in [3.05, 3.63) is 48.6 Å². The van der Waals surface area contributed by atoms with Gasteiger partial charge in [0, 0.05) is 25.1 Å². The Balaban J connectivity index is 2.29. The number of hydrogen-bond acceptors (Lipinski definition) is 4. The first kappa shape index (κ1) is 16.9. The molecule has 5 heteroatoms. The summed E-state index contributed by atoms with van der Waals surface area (Å²) in [4.78, 5) is 39.0. The van der Waals surface area contributed by atoms with Gasteiger partial charge in [0.05, 0.1) is 6.61 Å². The van der Waals surface area contributed by atoms with E-state index in [1.54, 1.807) is 36.1 Å².